The van der Waals surface area contributed by atoms with Gasteiger partial charge in [0.1, 0.15) is 12.0 Å². The van der Waals surface area contributed by atoms with Gasteiger partial charge in [-0.25, -0.2) is 9.98 Å². The molecule has 0 amide bonds. The third-order valence-electron chi connectivity index (χ3n) is 4.48. The molecule has 0 radical (unpaired) electrons. The lowest BCUT2D eigenvalue weighted by Crippen LogP contribution is -2.21. The normalized spacial score (nSPS) is 17.5. The molecule has 0 saturated heterocycles. The molecule has 4 rings (SSSR count). The summed E-state index contributed by atoms with van der Waals surface area (Å²) in [5, 5.41) is 2.88. The third-order valence-corrected chi connectivity index (χ3v) is 4.48. The maximum Gasteiger partial charge on any atom is 0.242 e. The minimum atomic E-state index is 0.0424. The lowest BCUT2D eigenvalue weighted by molar-refractivity contribution is -0.0503. The second-order valence-electron chi connectivity index (χ2n) is 6.30. The summed E-state index contributed by atoms with van der Waals surface area (Å²) in [6.07, 6.45) is 0.845. The summed E-state index contributed by atoms with van der Waals surface area (Å²) in [7, 11) is 1.88. The summed E-state index contributed by atoms with van der Waals surface area (Å²) < 4.78 is 0. The largest absolute Gasteiger partial charge is 0.384 e. The Morgan fingerprint density at radius 3 is 2.60 bits per heavy atom. The molecule has 1 unspecified atom stereocenters. The van der Waals surface area contributed by atoms with Crippen LogP contribution in [-0.4, -0.2) is 29.2 Å². The molecule has 0 spiro atoms. The minimum absolute atomic E-state index is 0.0424. The number of nitrogens with two attached hydrogens (primary N) is 1. The molecule has 1 aliphatic heterocycles. The third kappa shape index (κ3) is 3.06. The van der Waals surface area contributed by atoms with Crippen molar-refractivity contribution in [1.29, 1.82) is 0 Å². The van der Waals surface area contributed by atoms with Gasteiger partial charge in [0.15, 0.2) is 0 Å². The standard InChI is InChI=1S/C20H20N4O/c1-13-22-20(25-24(13)2)15-9-7-14(8-10-15)11-16-12-19(21)23-18-6-4-3-5-17(16)18/h3-10,12-13H,11H2,1-2H3,(H2,21,23). The number of aromatic nitrogens is 1. The van der Waals surface area contributed by atoms with E-state index in [1.807, 2.05) is 50.4 Å². The Morgan fingerprint density at radius 2 is 1.88 bits per heavy atom. The van der Waals surface area contributed by atoms with Gasteiger partial charge in [0, 0.05) is 18.0 Å². The molecule has 5 nitrogen and oxygen atoms in total. The van der Waals surface area contributed by atoms with Crippen LogP contribution in [0.15, 0.2) is 59.6 Å². The van der Waals surface area contributed by atoms with Crippen molar-refractivity contribution in [2.24, 2.45) is 4.99 Å². The maximum atomic E-state index is 5.96. The van der Waals surface area contributed by atoms with Crippen molar-refractivity contribution in [2.45, 2.75) is 19.5 Å². The number of hydroxylamine groups is 2. The lowest BCUT2D eigenvalue weighted by Gasteiger charge is -2.11. The quantitative estimate of drug-likeness (QED) is 0.798. The molecule has 2 aromatic carbocycles. The van der Waals surface area contributed by atoms with Crippen LogP contribution in [0.2, 0.25) is 0 Å². The fourth-order valence-corrected chi connectivity index (χ4v) is 3.02. The molecule has 0 bridgehead atoms. The van der Waals surface area contributed by atoms with Gasteiger partial charge in [-0.15, -0.1) is 5.06 Å². The number of aliphatic imine (C=N–C) groups is 1. The maximum absolute atomic E-state index is 5.96. The second kappa shape index (κ2) is 6.18. The van der Waals surface area contributed by atoms with E-state index in [0.717, 1.165) is 22.9 Å². The van der Waals surface area contributed by atoms with E-state index in [4.69, 9.17) is 10.6 Å². The lowest BCUT2D eigenvalue weighted by atomic mass is 10.00. The summed E-state index contributed by atoms with van der Waals surface area (Å²) in [6, 6.07) is 18.4. The number of hydrogen-bond donors (Lipinski definition) is 1. The van der Waals surface area contributed by atoms with Crippen molar-refractivity contribution in [1.82, 2.24) is 10.0 Å². The van der Waals surface area contributed by atoms with E-state index in [1.54, 1.807) is 5.06 Å². The van der Waals surface area contributed by atoms with Crippen LogP contribution in [0.25, 0.3) is 10.9 Å². The van der Waals surface area contributed by atoms with Crippen molar-refractivity contribution in [2.75, 3.05) is 12.8 Å². The topological polar surface area (TPSA) is 63.7 Å². The number of rotatable bonds is 3. The van der Waals surface area contributed by atoms with Gasteiger partial charge in [-0.05, 0) is 48.7 Å². The Morgan fingerprint density at radius 1 is 1.12 bits per heavy atom. The first-order valence-corrected chi connectivity index (χ1v) is 8.32. The second-order valence-corrected chi connectivity index (χ2v) is 6.30. The number of nitrogens with zero attached hydrogens (tertiary/aromatic N) is 3. The van der Waals surface area contributed by atoms with E-state index in [-0.39, 0.29) is 6.17 Å². The molecule has 2 N–H and O–H groups in total. The van der Waals surface area contributed by atoms with Gasteiger partial charge < -0.3 is 10.6 Å². The number of fused-ring (bicyclic) bond motifs is 1. The van der Waals surface area contributed by atoms with Crippen LogP contribution in [0.4, 0.5) is 5.82 Å². The van der Waals surface area contributed by atoms with Gasteiger partial charge >= 0.3 is 0 Å². The molecule has 5 heteroatoms. The van der Waals surface area contributed by atoms with Gasteiger partial charge in [0.2, 0.25) is 5.90 Å². The highest BCUT2D eigenvalue weighted by Crippen LogP contribution is 2.23. The predicted octanol–water partition coefficient (Wildman–Crippen LogP) is 3.38. The predicted molar refractivity (Wildman–Crippen MR) is 100 cm³/mol. The summed E-state index contributed by atoms with van der Waals surface area (Å²) >= 11 is 0. The number of benzene rings is 2. The van der Waals surface area contributed by atoms with Gasteiger partial charge in [-0.2, -0.15) is 0 Å². The van der Waals surface area contributed by atoms with Gasteiger partial charge in [0.05, 0.1) is 5.52 Å². The van der Waals surface area contributed by atoms with Crippen LogP contribution in [0, 0.1) is 0 Å². The highest BCUT2D eigenvalue weighted by atomic mass is 16.7. The molecule has 1 atom stereocenters. The first-order valence-electron chi connectivity index (χ1n) is 8.32. The summed E-state index contributed by atoms with van der Waals surface area (Å²) in [5.74, 6) is 1.22. The fraction of sp³-hybridized carbons (Fsp3) is 0.200. The highest BCUT2D eigenvalue weighted by Gasteiger charge is 2.21. The van der Waals surface area contributed by atoms with Crippen molar-refractivity contribution >= 4 is 22.6 Å². The molecular formula is C20H20N4O. The van der Waals surface area contributed by atoms with Crippen molar-refractivity contribution in [3.8, 4) is 0 Å². The van der Waals surface area contributed by atoms with E-state index in [0.29, 0.717) is 11.7 Å². The molecule has 2 heterocycles. The van der Waals surface area contributed by atoms with Crippen LogP contribution in [0.1, 0.15) is 23.6 Å². The van der Waals surface area contributed by atoms with Crippen LogP contribution >= 0.6 is 0 Å². The summed E-state index contributed by atoms with van der Waals surface area (Å²) in [4.78, 5) is 14.6. The molecule has 0 fully saturated rings. The Hall–Kier alpha value is -2.92. The van der Waals surface area contributed by atoms with Gasteiger partial charge in [-0.3, -0.25) is 0 Å². The average molecular weight is 332 g/mol. The minimum Gasteiger partial charge on any atom is -0.384 e. The van der Waals surface area contributed by atoms with Crippen molar-refractivity contribution in [3.63, 3.8) is 0 Å². The summed E-state index contributed by atoms with van der Waals surface area (Å²) in [5.41, 5.74) is 10.3. The van der Waals surface area contributed by atoms with Crippen LogP contribution in [0.3, 0.4) is 0 Å². The number of nitrogen functional groups attached to an aromatic ring is 1. The van der Waals surface area contributed by atoms with Crippen LogP contribution in [-0.2, 0) is 11.3 Å². The first-order chi connectivity index (χ1) is 12.1. The molecule has 0 aliphatic carbocycles. The zero-order chi connectivity index (χ0) is 17.4. The zero-order valence-corrected chi connectivity index (χ0v) is 14.3. The molecule has 126 valence electrons. The molecule has 25 heavy (non-hydrogen) atoms. The number of para-hydroxylation sites is 1. The number of hydrogen-bond acceptors (Lipinski definition) is 5. The Kier molecular flexibility index (Phi) is 3.86. The average Bonchev–Trinajstić information content (AvgIpc) is 2.94. The molecule has 1 aromatic heterocycles. The molecule has 3 aromatic rings. The highest BCUT2D eigenvalue weighted by molar-refractivity contribution is 5.94. The van der Waals surface area contributed by atoms with Gasteiger partial charge in [0.25, 0.3) is 0 Å². The van der Waals surface area contributed by atoms with E-state index in [9.17, 15) is 0 Å². The monoisotopic (exact) mass is 332 g/mol. The van der Waals surface area contributed by atoms with E-state index < -0.39 is 0 Å². The Balaban J connectivity index is 1.61. The van der Waals surface area contributed by atoms with Crippen LogP contribution in [0.5, 0.6) is 0 Å². The number of pyridine rings is 1. The Bertz CT molecular complexity index is 950. The van der Waals surface area contributed by atoms with E-state index in [1.165, 1.54) is 11.1 Å². The SMILES string of the molecule is CC1N=C(c2ccc(Cc3cc(N)nc4ccccc34)cc2)ON1C. The van der Waals surface area contributed by atoms with E-state index in [2.05, 4.69) is 28.2 Å². The van der Waals surface area contributed by atoms with Crippen molar-refractivity contribution in [3.05, 3.63) is 71.3 Å². The number of anilines is 1. The van der Waals surface area contributed by atoms with Crippen LogP contribution < -0.4 is 5.73 Å². The van der Waals surface area contributed by atoms with Gasteiger partial charge in [-0.1, -0.05) is 30.3 Å². The molecule has 1 aliphatic rings. The molecular weight excluding hydrogens is 312 g/mol. The fourth-order valence-electron chi connectivity index (χ4n) is 3.02. The Labute approximate surface area is 146 Å². The molecule has 0 saturated carbocycles. The first kappa shape index (κ1) is 15.6. The smallest absolute Gasteiger partial charge is 0.242 e. The van der Waals surface area contributed by atoms with E-state index >= 15 is 0 Å². The zero-order valence-electron chi connectivity index (χ0n) is 14.3. The summed E-state index contributed by atoms with van der Waals surface area (Å²) in [6.45, 7) is 2.00. The van der Waals surface area contributed by atoms with Crippen molar-refractivity contribution < 1.29 is 4.84 Å².